The topological polar surface area (TPSA) is 54.7 Å². The molecule has 2 rings (SSSR count). The first-order chi connectivity index (χ1) is 9.24. The molecule has 0 aromatic carbocycles. The van der Waals surface area contributed by atoms with Crippen LogP contribution >= 0.6 is 0 Å². The molecule has 0 spiro atoms. The molecule has 5 heteroatoms. The highest BCUT2D eigenvalue weighted by molar-refractivity contribution is 5.90. The monoisotopic (exact) mass is 266 g/mol. The van der Waals surface area contributed by atoms with Gasteiger partial charge in [0.15, 0.2) is 0 Å². The number of likely N-dealkylation sites (tertiary alicyclic amines) is 1. The number of furan rings is 1. The molecular weight excluding hydrogens is 244 g/mol. The van der Waals surface area contributed by atoms with Crippen LogP contribution in [0.3, 0.4) is 0 Å². The van der Waals surface area contributed by atoms with E-state index in [1.165, 1.54) is 6.42 Å². The van der Waals surface area contributed by atoms with E-state index in [-0.39, 0.29) is 5.97 Å². The first-order valence-corrected chi connectivity index (χ1v) is 6.85. The summed E-state index contributed by atoms with van der Waals surface area (Å²) in [5.74, 6) is 1.10. The van der Waals surface area contributed by atoms with Crippen LogP contribution in [-0.2, 0) is 11.3 Å². The Bertz CT molecular complexity index is 417. The van der Waals surface area contributed by atoms with Gasteiger partial charge in [0.1, 0.15) is 11.3 Å². The van der Waals surface area contributed by atoms with E-state index in [0.717, 1.165) is 19.6 Å². The Morgan fingerprint density at radius 1 is 1.63 bits per heavy atom. The van der Waals surface area contributed by atoms with Crippen molar-refractivity contribution in [3.63, 3.8) is 0 Å². The maximum absolute atomic E-state index is 11.8. The quantitative estimate of drug-likeness (QED) is 0.791. The lowest BCUT2D eigenvalue weighted by molar-refractivity contribution is 0.0522. The first kappa shape index (κ1) is 14.1. The third-order valence-electron chi connectivity index (χ3n) is 3.47. The second-order valence-corrected chi connectivity index (χ2v) is 4.93. The van der Waals surface area contributed by atoms with E-state index >= 15 is 0 Å². The standard InChI is InChI=1S/C14H22N2O3/c1-3-18-14(17)12-5-7-19-13(12)10-16-6-4-11(9-16)8-15-2/h5,7,11,15H,3-4,6,8-10H2,1-2H3. The van der Waals surface area contributed by atoms with Crippen LogP contribution in [0.5, 0.6) is 0 Å². The van der Waals surface area contributed by atoms with Crippen LogP contribution in [0.15, 0.2) is 16.7 Å². The fourth-order valence-electron chi connectivity index (χ4n) is 2.57. The van der Waals surface area contributed by atoms with E-state index in [2.05, 4.69) is 10.2 Å². The van der Waals surface area contributed by atoms with Crippen molar-refractivity contribution in [2.75, 3.05) is 33.3 Å². The molecule has 1 atom stereocenters. The van der Waals surface area contributed by atoms with E-state index in [1.54, 1.807) is 19.3 Å². The molecule has 0 amide bonds. The SMILES string of the molecule is CCOC(=O)c1ccoc1CN1CCC(CNC)C1. The highest BCUT2D eigenvalue weighted by atomic mass is 16.5. The van der Waals surface area contributed by atoms with Gasteiger partial charge in [-0.05, 0) is 45.5 Å². The molecule has 0 radical (unpaired) electrons. The fourth-order valence-corrected chi connectivity index (χ4v) is 2.57. The molecule has 5 nitrogen and oxygen atoms in total. The molecule has 19 heavy (non-hydrogen) atoms. The van der Waals surface area contributed by atoms with Gasteiger partial charge in [-0.15, -0.1) is 0 Å². The summed E-state index contributed by atoms with van der Waals surface area (Å²) in [4.78, 5) is 14.1. The van der Waals surface area contributed by atoms with Crippen molar-refractivity contribution in [2.45, 2.75) is 19.9 Å². The minimum absolute atomic E-state index is 0.294. The second-order valence-electron chi connectivity index (χ2n) is 4.93. The molecule has 1 fully saturated rings. The molecule has 0 saturated carbocycles. The number of carbonyl (C=O) groups is 1. The van der Waals surface area contributed by atoms with Crippen LogP contribution in [-0.4, -0.2) is 44.2 Å². The third-order valence-corrected chi connectivity index (χ3v) is 3.47. The van der Waals surface area contributed by atoms with Crippen molar-refractivity contribution in [3.05, 3.63) is 23.7 Å². The van der Waals surface area contributed by atoms with Crippen molar-refractivity contribution in [2.24, 2.45) is 5.92 Å². The Morgan fingerprint density at radius 2 is 2.47 bits per heavy atom. The lowest BCUT2D eigenvalue weighted by Gasteiger charge is -2.15. The zero-order valence-corrected chi connectivity index (χ0v) is 11.6. The van der Waals surface area contributed by atoms with Crippen LogP contribution in [0.25, 0.3) is 0 Å². The van der Waals surface area contributed by atoms with E-state index in [9.17, 15) is 4.79 Å². The number of nitrogens with one attached hydrogen (secondary N) is 1. The van der Waals surface area contributed by atoms with Crippen LogP contribution in [0.1, 0.15) is 29.5 Å². The number of hydrogen-bond donors (Lipinski definition) is 1. The van der Waals surface area contributed by atoms with Crippen LogP contribution < -0.4 is 5.32 Å². The maximum Gasteiger partial charge on any atom is 0.341 e. The Hall–Kier alpha value is -1.33. The predicted octanol–water partition coefficient (Wildman–Crippen LogP) is 1.50. The van der Waals surface area contributed by atoms with Crippen molar-refractivity contribution < 1.29 is 13.9 Å². The minimum Gasteiger partial charge on any atom is -0.467 e. The van der Waals surface area contributed by atoms with Gasteiger partial charge in [-0.1, -0.05) is 0 Å². The number of hydrogen-bond acceptors (Lipinski definition) is 5. The summed E-state index contributed by atoms with van der Waals surface area (Å²) in [5.41, 5.74) is 0.555. The third kappa shape index (κ3) is 3.58. The normalized spacial score (nSPS) is 19.8. The molecule has 1 aromatic rings. The molecule has 0 aliphatic carbocycles. The number of nitrogens with zero attached hydrogens (tertiary/aromatic N) is 1. The summed E-state index contributed by atoms with van der Waals surface area (Å²) in [6.45, 7) is 6.01. The zero-order valence-electron chi connectivity index (χ0n) is 11.6. The molecule has 1 aliphatic rings. The summed E-state index contributed by atoms with van der Waals surface area (Å²) in [6.07, 6.45) is 2.75. The van der Waals surface area contributed by atoms with E-state index < -0.39 is 0 Å². The molecule has 1 aromatic heterocycles. The molecule has 2 heterocycles. The van der Waals surface area contributed by atoms with Gasteiger partial charge in [-0.25, -0.2) is 4.79 Å². The molecule has 106 valence electrons. The largest absolute Gasteiger partial charge is 0.467 e. The van der Waals surface area contributed by atoms with Crippen LogP contribution in [0.2, 0.25) is 0 Å². The summed E-state index contributed by atoms with van der Waals surface area (Å²) < 4.78 is 10.5. The zero-order chi connectivity index (χ0) is 13.7. The highest BCUT2D eigenvalue weighted by Gasteiger charge is 2.25. The van der Waals surface area contributed by atoms with E-state index in [4.69, 9.17) is 9.15 Å². The Kier molecular flexibility index (Phi) is 4.99. The van der Waals surface area contributed by atoms with Crippen molar-refractivity contribution in [3.8, 4) is 0 Å². The smallest absolute Gasteiger partial charge is 0.341 e. The van der Waals surface area contributed by atoms with Gasteiger partial charge in [0.25, 0.3) is 0 Å². The molecule has 1 unspecified atom stereocenters. The van der Waals surface area contributed by atoms with Crippen LogP contribution in [0, 0.1) is 5.92 Å². The van der Waals surface area contributed by atoms with Gasteiger partial charge >= 0.3 is 5.97 Å². The van der Waals surface area contributed by atoms with Gasteiger partial charge in [-0.3, -0.25) is 4.90 Å². The van der Waals surface area contributed by atoms with E-state index in [0.29, 0.717) is 30.4 Å². The number of carbonyl (C=O) groups excluding carboxylic acids is 1. The summed E-state index contributed by atoms with van der Waals surface area (Å²) in [6, 6.07) is 1.69. The summed E-state index contributed by atoms with van der Waals surface area (Å²) in [5, 5.41) is 3.21. The molecule has 1 N–H and O–H groups in total. The number of rotatable bonds is 6. The van der Waals surface area contributed by atoms with Gasteiger partial charge in [-0.2, -0.15) is 0 Å². The average molecular weight is 266 g/mol. The van der Waals surface area contributed by atoms with E-state index in [1.807, 2.05) is 7.05 Å². The molecule has 0 bridgehead atoms. The van der Waals surface area contributed by atoms with Crippen molar-refractivity contribution in [1.82, 2.24) is 10.2 Å². The van der Waals surface area contributed by atoms with Gasteiger partial charge < -0.3 is 14.5 Å². The molecule has 1 aliphatic heterocycles. The van der Waals surface area contributed by atoms with Gasteiger partial charge in [0.2, 0.25) is 0 Å². The fraction of sp³-hybridized carbons (Fsp3) is 0.643. The van der Waals surface area contributed by atoms with Crippen LogP contribution in [0.4, 0.5) is 0 Å². The Labute approximate surface area is 113 Å². The van der Waals surface area contributed by atoms with Gasteiger partial charge in [0, 0.05) is 6.54 Å². The van der Waals surface area contributed by atoms with Gasteiger partial charge in [0.05, 0.1) is 19.4 Å². The lowest BCUT2D eigenvalue weighted by Crippen LogP contribution is -2.24. The Morgan fingerprint density at radius 3 is 3.21 bits per heavy atom. The predicted molar refractivity (Wildman–Crippen MR) is 72.0 cm³/mol. The highest BCUT2D eigenvalue weighted by Crippen LogP contribution is 2.20. The number of esters is 1. The maximum atomic E-state index is 11.8. The Balaban J connectivity index is 1.93. The molecule has 1 saturated heterocycles. The minimum atomic E-state index is -0.294. The summed E-state index contributed by atoms with van der Waals surface area (Å²) >= 11 is 0. The average Bonchev–Trinajstić information content (AvgIpc) is 3.00. The van der Waals surface area contributed by atoms with Crippen molar-refractivity contribution >= 4 is 5.97 Å². The second kappa shape index (κ2) is 6.73. The number of ether oxygens (including phenoxy) is 1. The van der Waals surface area contributed by atoms with Crippen molar-refractivity contribution in [1.29, 1.82) is 0 Å². The lowest BCUT2D eigenvalue weighted by atomic mass is 10.1. The molecular formula is C14H22N2O3. The first-order valence-electron chi connectivity index (χ1n) is 6.85. The summed E-state index contributed by atoms with van der Waals surface area (Å²) in [7, 11) is 1.98.